The van der Waals surface area contributed by atoms with Crippen LogP contribution in [-0.4, -0.2) is 27.2 Å². The number of aromatic nitrogens is 3. The molecule has 0 aliphatic heterocycles. The maximum Gasteiger partial charge on any atom is 0.290 e. The molecule has 5 nitrogen and oxygen atoms in total. The van der Waals surface area contributed by atoms with Gasteiger partial charge in [0, 0.05) is 12.1 Å². The SMILES string of the molecule is Cc1nc(C(=O)NCCc2c(F)cccc2F)nn1-c1ccccc1C(C)C. The van der Waals surface area contributed by atoms with Gasteiger partial charge in [0.15, 0.2) is 0 Å². The number of carbonyl (C=O) groups is 1. The van der Waals surface area contributed by atoms with Crippen molar-refractivity contribution < 1.29 is 13.6 Å². The van der Waals surface area contributed by atoms with E-state index in [-0.39, 0.29) is 30.3 Å². The van der Waals surface area contributed by atoms with E-state index < -0.39 is 17.5 Å². The Hall–Kier alpha value is -3.09. The predicted octanol–water partition coefficient (Wildman–Crippen LogP) is 3.95. The number of hydrogen-bond acceptors (Lipinski definition) is 3. The number of nitrogens with zero attached hydrogens (tertiary/aromatic N) is 3. The molecule has 146 valence electrons. The van der Waals surface area contributed by atoms with Gasteiger partial charge < -0.3 is 5.32 Å². The van der Waals surface area contributed by atoms with E-state index in [1.807, 2.05) is 24.3 Å². The van der Waals surface area contributed by atoms with Crippen molar-refractivity contribution in [2.45, 2.75) is 33.1 Å². The van der Waals surface area contributed by atoms with Gasteiger partial charge in [0.2, 0.25) is 5.82 Å². The van der Waals surface area contributed by atoms with E-state index in [1.165, 1.54) is 18.2 Å². The van der Waals surface area contributed by atoms with Crippen molar-refractivity contribution in [3.8, 4) is 5.69 Å². The third kappa shape index (κ3) is 4.08. The van der Waals surface area contributed by atoms with Crippen LogP contribution in [0.4, 0.5) is 8.78 Å². The zero-order valence-corrected chi connectivity index (χ0v) is 16.0. The molecule has 2 aromatic carbocycles. The largest absolute Gasteiger partial charge is 0.349 e. The summed E-state index contributed by atoms with van der Waals surface area (Å²) < 4.78 is 29.0. The third-order valence-corrected chi connectivity index (χ3v) is 4.48. The number of amides is 1. The van der Waals surface area contributed by atoms with E-state index in [0.29, 0.717) is 5.82 Å². The van der Waals surface area contributed by atoms with Gasteiger partial charge in [-0.25, -0.2) is 18.4 Å². The molecule has 0 aliphatic carbocycles. The van der Waals surface area contributed by atoms with Gasteiger partial charge in [0.05, 0.1) is 5.69 Å². The summed E-state index contributed by atoms with van der Waals surface area (Å²) in [6.45, 7) is 6.02. The number of halogens is 2. The van der Waals surface area contributed by atoms with E-state index in [0.717, 1.165) is 11.3 Å². The number of rotatable bonds is 6. The van der Waals surface area contributed by atoms with Crippen molar-refractivity contribution in [1.82, 2.24) is 20.1 Å². The molecule has 28 heavy (non-hydrogen) atoms. The summed E-state index contributed by atoms with van der Waals surface area (Å²) in [5.74, 6) is -0.854. The smallest absolute Gasteiger partial charge is 0.290 e. The Morgan fingerprint density at radius 2 is 1.79 bits per heavy atom. The van der Waals surface area contributed by atoms with Gasteiger partial charge >= 0.3 is 0 Å². The van der Waals surface area contributed by atoms with Gasteiger partial charge in [0.1, 0.15) is 17.5 Å². The fraction of sp³-hybridized carbons (Fsp3) is 0.286. The third-order valence-electron chi connectivity index (χ3n) is 4.48. The molecule has 0 aliphatic rings. The van der Waals surface area contributed by atoms with Crippen molar-refractivity contribution in [2.24, 2.45) is 0 Å². The molecule has 0 radical (unpaired) electrons. The van der Waals surface area contributed by atoms with E-state index in [1.54, 1.807) is 11.6 Å². The highest BCUT2D eigenvalue weighted by Crippen LogP contribution is 2.23. The van der Waals surface area contributed by atoms with Crippen LogP contribution in [-0.2, 0) is 6.42 Å². The molecular weight excluding hydrogens is 362 g/mol. The molecule has 3 aromatic rings. The number of hydrogen-bond donors (Lipinski definition) is 1. The number of nitrogens with one attached hydrogen (secondary N) is 1. The Morgan fingerprint density at radius 3 is 2.46 bits per heavy atom. The molecule has 1 aromatic heterocycles. The van der Waals surface area contributed by atoms with Crippen LogP contribution < -0.4 is 5.32 Å². The van der Waals surface area contributed by atoms with Gasteiger partial charge in [0.25, 0.3) is 5.91 Å². The van der Waals surface area contributed by atoms with Crippen LogP contribution in [0.15, 0.2) is 42.5 Å². The first-order valence-electron chi connectivity index (χ1n) is 9.12. The Balaban J connectivity index is 1.73. The van der Waals surface area contributed by atoms with Gasteiger partial charge in [-0.3, -0.25) is 4.79 Å². The van der Waals surface area contributed by atoms with Crippen LogP contribution >= 0.6 is 0 Å². The molecule has 0 bridgehead atoms. The Labute approximate surface area is 162 Å². The van der Waals surface area contributed by atoms with Crippen LogP contribution in [0.5, 0.6) is 0 Å². The quantitative estimate of drug-likeness (QED) is 0.700. The van der Waals surface area contributed by atoms with Crippen LogP contribution in [0.25, 0.3) is 5.69 Å². The lowest BCUT2D eigenvalue weighted by Gasteiger charge is -2.12. The number of para-hydroxylation sites is 1. The summed E-state index contributed by atoms with van der Waals surface area (Å²) in [7, 11) is 0. The van der Waals surface area contributed by atoms with Gasteiger partial charge in [-0.2, -0.15) is 0 Å². The average Bonchev–Trinajstić information content (AvgIpc) is 3.05. The fourth-order valence-electron chi connectivity index (χ4n) is 3.03. The van der Waals surface area contributed by atoms with Crippen molar-refractivity contribution in [1.29, 1.82) is 0 Å². The zero-order valence-electron chi connectivity index (χ0n) is 16.0. The van der Waals surface area contributed by atoms with Gasteiger partial charge in [-0.05, 0) is 43.0 Å². The van der Waals surface area contributed by atoms with E-state index in [4.69, 9.17) is 0 Å². The van der Waals surface area contributed by atoms with Crippen LogP contribution in [0, 0.1) is 18.6 Å². The Kier molecular flexibility index (Phi) is 5.82. The van der Waals surface area contributed by atoms with Gasteiger partial charge in [-0.1, -0.05) is 38.1 Å². The molecule has 7 heteroatoms. The Morgan fingerprint density at radius 1 is 1.11 bits per heavy atom. The summed E-state index contributed by atoms with van der Waals surface area (Å²) in [5, 5.41) is 6.95. The molecular formula is C21H22F2N4O. The molecule has 1 amide bonds. The number of aryl methyl sites for hydroxylation is 1. The molecule has 3 rings (SSSR count). The molecule has 0 spiro atoms. The molecule has 1 heterocycles. The molecule has 0 saturated heterocycles. The summed E-state index contributed by atoms with van der Waals surface area (Å²) in [4.78, 5) is 16.6. The van der Waals surface area contributed by atoms with Crippen LogP contribution in [0.2, 0.25) is 0 Å². The fourth-order valence-corrected chi connectivity index (χ4v) is 3.03. The molecule has 0 saturated carbocycles. The summed E-state index contributed by atoms with van der Waals surface area (Å²) in [5.41, 5.74) is 1.91. The normalized spacial score (nSPS) is 11.1. The summed E-state index contributed by atoms with van der Waals surface area (Å²) in [6, 6.07) is 11.5. The van der Waals surface area contributed by atoms with E-state index >= 15 is 0 Å². The second-order valence-corrected chi connectivity index (χ2v) is 6.81. The first kappa shape index (κ1) is 19.7. The standard InChI is InChI=1S/C21H22F2N4O/c1-13(2)15-7-4-5-10-19(15)27-14(3)25-20(26-27)21(28)24-12-11-16-17(22)8-6-9-18(16)23/h4-10,13H,11-12H2,1-3H3,(H,24,28). The first-order chi connectivity index (χ1) is 13.4. The lowest BCUT2D eigenvalue weighted by Crippen LogP contribution is -2.27. The topological polar surface area (TPSA) is 59.8 Å². The maximum atomic E-state index is 13.7. The van der Waals surface area contributed by atoms with Crippen LogP contribution in [0.3, 0.4) is 0 Å². The molecule has 0 atom stereocenters. The highest BCUT2D eigenvalue weighted by Gasteiger charge is 2.18. The molecule has 0 unspecified atom stereocenters. The highest BCUT2D eigenvalue weighted by molar-refractivity contribution is 5.90. The van der Waals surface area contributed by atoms with E-state index in [9.17, 15) is 13.6 Å². The average molecular weight is 384 g/mol. The minimum absolute atomic E-state index is 0.0186. The first-order valence-corrected chi connectivity index (χ1v) is 9.12. The molecule has 1 N–H and O–H groups in total. The summed E-state index contributed by atoms with van der Waals surface area (Å²) in [6.07, 6.45) is 0.0418. The van der Waals surface area contributed by atoms with Crippen molar-refractivity contribution in [3.63, 3.8) is 0 Å². The van der Waals surface area contributed by atoms with Crippen molar-refractivity contribution >= 4 is 5.91 Å². The van der Waals surface area contributed by atoms with Crippen molar-refractivity contribution in [2.75, 3.05) is 6.54 Å². The number of benzene rings is 2. The predicted molar refractivity (Wildman–Crippen MR) is 103 cm³/mol. The highest BCUT2D eigenvalue weighted by atomic mass is 19.1. The zero-order chi connectivity index (χ0) is 20.3. The monoisotopic (exact) mass is 384 g/mol. The van der Waals surface area contributed by atoms with Gasteiger partial charge in [-0.15, -0.1) is 5.10 Å². The maximum absolute atomic E-state index is 13.7. The second-order valence-electron chi connectivity index (χ2n) is 6.81. The second kappa shape index (κ2) is 8.29. The van der Waals surface area contributed by atoms with E-state index in [2.05, 4.69) is 29.2 Å². The number of carbonyl (C=O) groups excluding carboxylic acids is 1. The Bertz CT molecular complexity index is 978. The molecule has 0 fully saturated rings. The minimum Gasteiger partial charge on any atom is -0.349 e. The van der Waals surface area contributed by atoms with Crippen LogP contribution in [0.1, 0.15) is 47.3 Å². The minimum atomic E-state index is -0.627. The summed E-state index contributed by atoms with van der Waals surface area (Å²) >= 11 is 0. The lowest BCUT2D eigenvalue weighted by molar-refractivity contribution is 0.0943. The van der Waals surface area contributed by atoms with Crippen molar-refractivity contribution in [3.05, 3.63) is 76.9 Å². The lowest BCUT2D eigenvalue weighted by atomic mass is 10.0.